The molecule has 1 aliphatic rings. The Labute approximate surface area is 195 Å². The van der Waals surface area contributed by atoms with Crippen molar-refractivity contribution in [1.82, 2.24) is 10.2 Å². The van der Waals surface area contributed by atoms with Crippen LogP contribution in [0.15, 0.2) is 78.9 Å². The average molecular weight is 443 g/mol. The van der Waals surface area contributed by atoms with Crippen LogP contribution in [0.25, 0.3) is 0 Å². The second-order valence-corrected chi connectivity index (χ2v) is 8.68. The zero-order valence-electron chi connectivity index (χ0n) is 19.0. The van der Waals surface area contributed by atoms with Gasteiger partial charge in [0.15, 0.2) is 0 Å². The Balaban J connectivity index is 1.22. The summed E-state index contributed by atoms with van der Waals surface area (Å²) in [5.74, 6) is 0.852. The summed E-state index contributed by atoms with van der Waals surface area (Å²) in [6, 6.07) is 25.1. The van der Waals surface area contributed by atoms with Gasteiger partial charge in [-0.1, -0.05) is 60.2 Å². The molecule has 1 aliphatic heterocycles. The molecule has 1 fully saturated rings. The number of hydrogen-bond acceptors (Lipinski definition) is 3. The van der Waals surface area contributed by atoms with E-state index in [-0.39, 0.29) is 6.03 Å². The number of likely N-dealkylation sites (tertiary alicyclic amines) is 1. The van der Waals surface area contributed by atoms with Crippen LogP contribution in [-0.4, -0.2) is 29.9 Å². The minimum atomic E-state index is -0.392. The van der Waals surface area contributed by atoms with E-state index in [0.717, 1.165) is 24.8 Å². The number of piperidine rings is 1. The Kier molecular flexibility index (Phi) is 7.40. The van der Waals surface area contributed by atoms with Crippen molar-refractivity contribution in [1.29, 1.82) is 0 Å². The average Bonchev–Trinajstić information content (AvgIpc) is 2.85. The molecule has 170 valence electrons. The van der Waals surface area contributed by atoms with Gasteiger partial charge in [-0.05, 0) is 67.5 Å². The monoisotopic (exact) mass is 442 g/mol. The number of ether oxygens (including phenoxy) is 1. The SMILES string of the molecule is Cc1ccc(CC2CCN(C(=O)NC(=O)c3ccc(OCc4ccccc4)cc3)CC2)cc1. The molecule has 3 aromatic rings. The van der Waals surface area contributed by atoms with Crippen molar-refractivity contribution in [2.45, 2.75) is 32.8 Å². The lowest BCUT2D eigenvalue weighted by atomic mass is 9.90. The van der Waals surface area contributed by atoms with Crippen molar-refractivity contribution in [3.8, 4) is 5.75 Å². The van der Waals surface area contributed by atoms with Gasteiger partial charge in [-0.2, -0.15) is 0 Å². The first-order valence-electron chi connectivity index (χ1n) is 11.5. The van der Waals surface area contributed by atoms with Crippen LogP contribution in [0.1, 0.15) is 39.9 Å². The number of nitrogens with zero attached hydrogens (tertiary/aromatic N) is 1. The molecule has 5 nitrogen and oxygen atoms in total. The van der Waals surface area contributed by atoms with E-state index in [1.165, 1.54) is 11.1 Å². The molecule has 0 atom stereocenters. The van der Waals surface area contributed by atoms with Crippen molar-refractivity contribution in [3.63, 3.8) is 0 Å². The maximum Gasteiger partial charge on any atom is 0.324 e. The van der Waals surface area contributed by atoms with Gasteiger partial charge < -0.3 is 9.64 Å². The van der Waals surface area contributed by atoms with E-state index < -0.39 is 5.91 Å². The number of imide groups is 1. The van der Waals surface area contributed by atoms with Crippen LogP contribution in [0.5, 0.6) is 5.75 Å². The lowest BCUT2D eigenvalue weighted by Crippen LogP contribution is -2.46. The maximum absolute atomic E-state index is 12.6. The number of hydrogen-bond donors (Lipinski definition) is 1. The summed E-state index contributed by atoms with van der Waals surface area (Å²) < 4.78 is 5.75. The van der Waals surface area contributed by atoms with Crippen LogP contribution in [0.2, 0.25) is 0 Å². The van der Waals surface area contributed by atoms with E-state index in [1.807, 2.05) is 30.3 Å². The molecule has 33 heavy (non-hydrogen) atoms. The van der Waals surface area contributed by atoms with Gasteiger partial charge in [-0.3, -0.25) is 10.1 Å². The van der Waals surface area contributed by atoms with Gasteiger partial charge in [0.05, 0.1) is 0 Å². The smallest absolute Gasteiger partial charge is 0.324 e. The van der Waals surface area contributed by atoms with Crippen LogP contribution in [-0.2, 0) is 13.0 Å². The Bertz CT molecular complexity index is 1050. The number of benzene rings is 3. The van der Waals surface area contributed by atoms with E-state index >= 15 is 0 Å². The number of urea groups is 1. The Morgan fingerprint density at radius 2 is 1.55 bits per heavy atom. The predicted molar refractivity (Wildman–Crippen MR) is 129 cm³/mol. The zero-order chi connectivity index (χ0) is 23.0. The number of carbonyl (C=O) groups excluding carboxylic acids is 2. The molecule has 3 amide bonds. The van der Waals surface area contributed by atoms with E-state index in [0.29, 0.717) is 36.9 Å². The van der Waals surface area contributed by atoms with Gasteiger partial charge in [0.25, 0.3) is 5.91 Å². The van der Waals surface area contributed by atoms with E-state index in [2.05, 4.69) is 36.5 Å². The van der Waals surface area contributed by atoms with Gasteiger partial charge in [0, 0.05) is 18.7 Å². The number of nitrogens with one attached hydrogen (secondary N) is 1. The Hall–Kier alpha value is -3.60. The third kappa shape index (κ3) is 6.45. The van der Waals surface area contributed by atoms with Gasteiger partial charge >= 0.3 is 6.03 Å². The van der Waals surface area contributed by atoms with Crippen molar-refractivity contribution in [2.24, 2.45) is 5.92 Å². The molecule has 0 radical (unpaired) electrons. The van der Waals surface area contributed by atoms with Gasteiger partial charge in [0.1, 0.15) is 12.4 Å². The molecule has 5 heteroatoms. The maximum atomic E-state index is 12.6. The van der Waals surface area contributed by atoms with E-state index in [9.17, 15) is 9.59 Å². The molecule has 4 rings (SSSR count). The van der Waals surface area contributed by atoms with Crippen molar-refractivity contribution in [3.05, 3.63) is 101 Å². The minimum absolute atomic E-state index is 0.321. The third-order valence-corrected chi connectivity index (χ3v) is 6.13. The summed E-state index contributed by atoms with van der Waals surface area (Å²) in [5, 5.41) is 2.52. The molecule has 3 aromatic carbocycles. The van der Waals surface area contributed by atoms with Gasteiger partial charge in [-0.25, -0.2) is 4.79 Å². The van der Waals surface area contributed by atoms with E-state index in [4.69, 9.17) is 4.74 Å². The summed E-state index contributed by atoms with van der Waals surface area (Å²) in [6.45, 7) is 3.89. The normalized spacial score (nSPS) is 14.0. The first-order chi connectivity index (χ1) is 16.1. The first kappa shape index (κ1) is 22.6. The summed E-state index contributed by atoms with van der Waals surface area (Å²) in [4.78, 5) is 26.8. The first-order valence-corrected chi connectivity index (χ1v) is 11.5. The zero-order valence-corrected chi connectivity index (χ0v) is 19.0. The summed E-state index contributed by atoms with van der Waals surface area (Å²) in [5.41, 5.74) is 4.12. The molecule has 1 heterocycles. The fraction of sp³-hybridized carbons (Fsp3) is 0.286. The molecule has 0 spiro atoms. The topological polar surface area (TPSA) is 58.6 Å². The van der Waals surface area contributed by atoms with Crippen LogP contribution in [0.3, 0.4) is 0 Å². The molecule has 1 N–H and O–H groups in total. The minimum Gasteiger partial charge on any atom is -0.489 e. The largest absolute Gasteiger partial charge is 0.489 e. The highest BCUT2D eigenvalue weighted by atomic mass is 16.5. The van der Waals surface area contributed by atoms with Gasteiger partial charge in [-0.15, -0.1) is 0 Å². The molecule has 0 aromatic heterocycles. The molecule has 0 bridgehead atoms. The number of rotatable bonds is 6. The molecule has 0 aliphatic carbocycles. The lowest BCUT2D eigenvalue weighted by molar-refractivity contribution is 0.0945. The highest BCUT2D eigenvalue weighted by Gasteiger charge is 2.24. The molecule has 0 unspecified atom stereocenters. The second kappa shape index (κ2) is 10.8. The summed E-state index contributed by atoms with van der Waals surface area (Å²) in [6.07, 6.45) is 2.93. The quantitative estimate of drug-likeness (QED) is 0.558. The van der Waals surface area contributed by atoms with Crippen LogP contribution >= 0.6 is 0 Å². The Morgan fingerprint density at radius 3 is 2.21 bits per heavy atom. The van der Waals surface area contributed by atoms with Crippen LogP contribution < -0.4 is 10.1 Å². The molecular formula is C28H30N2O3. The molecule has 1 saturated heterocycles. The van der Waals surface area contributed by atoms with Crippen LogP contribution in [0.4, 0.5) is 4.79 Å². The number of carbonyl (C=O) groups is 2. The standard InChI is InChI=1S/C28H30N2O3/c1-21-7-9-22(10-8-21)19-23-15-17-30(18-16-23)28(32)29-27(31)25-11-13-26(14-12-25)33-20-24-5-3-2-4-6-24/h2-14,23H,15-20H2,1H3,(H,29,31,32). The predicted octanol–water partition coefficient (Wildman–Crippen LogP) is 5.38. The fourth-order valence-corrected chi connectivity index (χ4v) is 4.09. The highest BCUT2D eigenvalue weighted by Crippen LogP contribution is 2.22. The summed E-state index contributed by atoms with van der Waals surface area (Å²) in [7, 11) is 0. The van der Waals surface area contributed by atoms with Crippen LogP contribution in [0, 0.1) is 12.8 Å². The lowest BCUT2D eigenvalue weighted by Gasteiger charge is -2.32. The third-order valence-electron chi connectivity index (χ3n) is 6.13. The van der Waals surface area contributed by atoms with Gasteiger partial charge in [0.2, 0.25) is 0 Å². The molecule has 0 saturated carbocycles. The summed E-state index contributed by atoms with van der Waals surface area (Å²) >= 11 is 0. The fourth-order valence-electron chi connectivity index (χ4n) is 4.09. The second-order valence-electron chi connectivity index (χ2n) is 8.68. The van der Waals surface area contributed by atoms with Crippen molar-refractivity contribution < 1.29 is 14.3 Å². The number of aryl methyl sites for hydroxylation is 1. The highest BCUT2D eigenvalue weighted by molar-refractivity contribution is 6.04. The van der Waals surface area contributed by atoms with E-state index in [1.54, 1.807) is 29.2 Å². The number of amides is 3. The van der Waals surface area contributed by atoms with Crippen molar-refractivity contribution in [2.75, 3.05) is 13.1 Å². The Morgan fingerprint density at radius 1 is 0.879 bits per heavy atom. The molecular weight excluding hydrogens is 412 g/mol. The van der Waals surface area contributed by atoms with Crippen molar-refractivity contribution >= 4 is 11.9 Å².